The molecule has 120 valence electrons. The zero-order chi connectivity index (χ0) is 16.8. The lowest BCUT2D eigenvalue weighted by Crippen LogP contribution is -2.15. The van der Waals surface area contributed by atoms with Crippen LogP contribution in [-0.4, -0.2) is 17.5 Å². The SMILES string of the molecule is O=C(COc1ccccc1[N+](=O)[O-])OCc1ccc(F)cc1Br. The van der Waals surface area contributed by atoms with Gasteiger partial charge in [-0.15, -0.1) is 0 Å². The van der Waals surface area contributed by atoms with Crippen molar-refractivity contribution in [1.29, 1.82) is 0 Å². The Morgan fingerprint density at radius 1 is 1.26 bits per heavy atom. The van der Waals surface area contributed by atoms with E-state index in [0.29, 0.717) is 10.0 Å². The van der Waals surface area contributed by atoms with E-state index in [1.54, 1.807) is 6.07 Å². The molecule has 0 N–H and O–H groups in total. The van der Waals surface area contributed by atoms with Crippen LogP contribution in [0.4, 0.5) is 10.1 Å². The maximum atomic E-state index is 12.9. The van der Waals surface area contributed by atoms with Crippen LogP contribution in [0, 0.1) is 15.9 Å². The number of hydrogen-bond donors (Lipinski definition) is 0. The quantitative estimate of drug-likeness (QED) is 0.432. The number of benzene rings is 2. The summed E-state index contributed by atoms with van der Waals surface area (Å²) in [5, 5.41) is 10.8. The third-order valence-corrected chi connectivity index (χ3v) is 3.55. The summed E-state index contributed by atoms with van der Waals surface area (Å²) in [6, 6.07) is 9.71. The number of nitro groups is 1. The number of esters is 1. The van der Waals surface area contributed by atoms with E-state index < -0.39 is 23.3 Å². The third kappa shape index (κ3) is 4.75. The van der Waals surface area contributed by atoms with Gasteiger partial charge in [-0.05, 0) is 18.2 Å². The Hall–Kier alpha value is -2.48. The summed E-state index contributed by atoms with van der Waals surface area (Å²) >= 11 is 3.16. The Kier molecular flexibility index (Phi) is 5.64. The van der Waals surface area contributed by atoms with Crippen molar-refractivity contribution in [3.63, 3.8) is 0 Å². The largest absolute Gasteiger partial charge is 0.475 e. The zero-order valence-electron chi connectivity index (χ0n) is 11.7. The van der Waals surface area contributed by atoms with Gasteiger partial charge in [-0.2, -0.15) is 0 Å². The molecule has 0 aromatic heterocycles. The Bertz CT molecular complexity index is 738. The van der Waals surface area contributed by atoms with Crippen molar-refractivity contribution in [3.8, 4) is 5.75 Å². The average Bonchev–Trinajstić information content (AvgIpc) is 2.52. The molecule has 0 bridgehead atoms. The number of rotatable bonds is 6. The van der Waals surface area contributed by atoms with Gasteiger partial charge in [-0.1, -0.05) is 34.1 Å². The van der Waals surface area contributed by atoms with Crippen LogP contribution in [0.2, 0.25) is 0 Å². The Morgan fingerprint density at radius 2 is 2.00 bits per heavy atom. The number of carbonyl (C=O) groups is 1. The molecule has 0 fully saturated rings. The van der Waals surface area contributed by atoms with Crippen molar-refractivity contribution in [1.82, 2.24) is 0 Å². The number of halogens is 2. The molecule has 0 atom stereocenters. The van der Waals surface area contributed by atoms with E-state index in [4.69, 9.17) is 9.47 Å². The third-order valence-electron chi connectivity index (χ3n) is 2.81. The molecule has 0 saturated carbocycles. The first-order valence-electron chi connectivity index (χ1n) is 6.43. The topological polar surface area (TPSA) is 78.7 Å². The van der Waals surface area contributed by atoms with E-state index in [9.17, 15) is 19.3 Å². The summed E-state index contributed by atoms with van der Waals surface area (Å²) in [6.45, 7) is -0.538. The highest BCUT2D eigenvalue weighted by atomic mass is 79.9. The summed E-state index contributed by atoms with van der Waals surface area (Å²) in [6.07, 6.45) is 0. The number of nitrogens with zero attached hydrogens (tertiary/aromatic N) is 1. The van der Waals surface area contributed by atoms with Gasteiger partial charge >= 0.3 is 11.7 Å². The standard InChI is InChI=1S/C15H11BrFNO5/c16-12-7-11(17)6-5-10(12)8-23-15(19)9-22-14-4-2-1-3-13(14)18(20)21/h1-7H,8-9H2. The first kappa shape index (κ1) is 16.9. The fourth-order valence-corrected chi connectivity index (χ4v) is 2.17. The number of para-hydroxylation sites is 2. The minimum atomic E-state index is -0.695. The number of carbonyl (C=O) groups excluding carboxylic acids is 1. The molecule has 0 saturated heterocycles. The van der Waals surface area contributed by atoms with Crippen LogP contribution in [-0.2, 0) is 16.1 Å². The summed E-state index contributed by atoms with van der Waals surface area (Å²) in [5.74, 6) is -1.12. The van der Waals surface area contributed by atoms with Crippen LogP contribution in [0.3, 0.4) is 0 Å². The molecule has 0 amide bonds. The van der Waals surface area contributed by atoms with Gasteiger partial charge in [0.15, 0.2) is 12.4 Å². The second-order valence-corrected chi connectivity index (χ2v) is 5.26. The molecule has 2 rings (SSSR count). The van der Waals surface area contributed by atoms with Crippen molar-refractivity contribution < 1.29 is 23.6 Å². The van der Waals surface area contributed by atoms with Crippen molar-refractivity contribution in [2.24, 2.45) is 0 Å². The predicted molar refractivity (Wildman–Crippen MR) is 82.5 cm³/mol. The van der Waals surface area contributed by atoms with E-state index in [0.717, 1.165) is 0 Å². The monoisotopic (exact) mass is 383 g/mol. The Morgan fingerprint density at radius 3 is 2.70 bits per heavy atom. The van der Waals surface area contributed by atoms with Gasteiger partial charge in [0.1, 0.15) is 12.4 Å². The van der Waals surface area contributed by atoms with E-state index in [-0.39, 0.29) is 18.0 Å². The highest BCUT2D eigenvalue weighted by Gasteiger charge is 2.15. The molecule has 2 aromatic rings. The smallest absolute Gasteiger partial charge is 0.344 e. The van der Waals surface area contributed by atoms with Gasteiger partial charge in [-0.3, -0.25) is 10.1 Å². The van der Waals surface area contributed by atoms with Crippen LogP contribution in [0.5, 0.6) is 5.75 Å². The van der Waals surface area contributed by atoms with Crippen LogP contribution in [0.1, 0.15) is 5.56 Å². The molecule has 0 unspecified atom stereocenters. The van der Waals surface area contributed by atoms with Crippen LogP contribution in [0.15, 0.2) is 46.9 Å². The molecule has 0 spiro atoms. The van der Waals surface area contributed by atoms with Gasteiger partial charge < -0.3 is 9.47 Å². The molecule has 2 aromatic carbocycles. The first-order valence-corrected chi connectivity index (χ1v) is 7.22. The molecular formula is C15H11BrFNO5. The van der Waals surface area contributed by atoms with Crippen molar-refractivity contribution in [3.05, 3.63) is 68.4 Å². The normalized spacial score (nSPS) is 10.2. The van der Waals surface area contributed by atoms with Crippen molar-refractivity contribution in [2.45, 2.75) is 6.61 Å². The maximum Gasteiger partial charge on any atom is 0.344 e. The molecule has 0 radical (unpaired) electrons. The van der Waals surface area contributed by atoms with Crippen molar-refractivity contribution >= 4 is 27.6 Å². The van der Waals surface area contributed by atoms with Crippen LogP contribution in [0.25, 0.3) is 0 Å². The fourth-order valence-electron chi connectivity index (χ4n) is 1.71. The van der Waals surface area contributed by atoms with Gasteiger partial charge in [0, 0.05) is 16.1 Å². The van der Waals surface area contributed by atoms with Gasteiger partial charge in [0.25, 0.3) is 0 Å². The van der Waals surface area contributed by atoms with E-state index in [1.165, 1.54) is 36.4 Å². The summed E-state index contributed by atoms with van der Waals surface area (Å²) in [7, 11) is 0. The summed E-state index contributed by atoms with van der Waals surface area (Å²) in [5.41, 5.74) is 0.354. The number of hydrogen-bond acceptors (Lipinski definition) is 5. The number of ether oxygens (including phenoxy) is 2. The molecule has 0 aliphatic heterocycles. The molecule has 0 heterocycles. The first-order chi connectivity index (χ1) is 11.0. The highest BCUT2D eigenvalue weighted by Crippen LogP contribution is 2.25. The van der Waals surface area contributed by atoms with E-state index in [2.05, 4.69) is 15.9 Å². The minimum absolute atomic E-state index is 0.0163. The summed E-state index contributed by atoms with van der Waals surface area (Å²) < 4.78 is 23.5. The van der Waals surface area contributed by atoms with E-state index >= 15 is 0 Å². The number of nitro benzene ring substituents is 1. The second-order valence-electron chi connectivity index (χ2n) is 4.41. The lowest BCUT2D eigenvalue weighted by Gasteiger charge is -2.08. The Balaban J connectivity index is 1.90. The second kappa shape index (κ2) is 7.68. The Labute approximate surface area is 139 Å². The molecular weight excluding hydrogens is 373 g/mol. The van der Waals surface area contributed by atoms with Crippen LogP contribution < -0.4 is 4.74 Å². The van der Waals surface area contributed by atoms with Crippen LogP contribution >= 0.6 is 15.9 Å². The molecule has 0 aliphatic rings. The molecule has 6 nitrogen and oxygen atoms in total. The predicted octanol–water partition coefficient (Wildman–Crippen LogP) is 3.62. The summed E-state index contributed by atoms with van der Waals surface area (Å²) in [4.78, 5) is 21.9. The van der Waals surface area contributed by atoms with Gasteiger partial charge in [0.05, 0.1) is 4.92 Å². The fraction of sp³-hybridized carbons (Fsp3) is 0.133. The molecule has 8 heteroatoms. The lowest BCUT2D eigenvalue weighted by atomic mass is 10.2. The lowest BCUT2D eigenvalue weighted by molar-refractivity contribution is -0.385. The van der Waals surface area contributed by atoms with E-state index in [1.807, 2.05) is 0 Å². The zero-order valence-corrected chi connectivity index (χ0v) is 13.3. The molecule has 23 heavy (non-hydrogen) atoms. The van der Waals surface area contributed by atoms with Gasteiger partial charge in [0.2, 0.25) is 0 Å². The highest BCUT2D eigenvalue weighted by molar-refractivity contribution is 9.10. The minimum Gasteiger partial charge on any atom is -0.475 e. The van der Waals surface area contributed by atoms with Gasteiger partial charge in [-0.25, -0.2) is 9.18 Å². The van der Waals surface area contributed by atoms with Crippen molar-refractivity contribution in [2.75, 3.05) is 6.61 Å². The average molecular weight is 384 g/mol. The molecule has 0 aliphatic carbocycles. The maximum absolute atomic E-state index is 12.9.